The molecular formula is C21H19FN4O4. The molecule has 1 aromatic heterocycles. The highest BCUT2D eigenvalue weighted by Gasteiger charge is 2.16. The SMILES string of the molecule is CCOC(=O)c1cnn(-c2ccc(C(=O)NNC(=O)c3ccc(F)cc3)cc2)c1C. The molecule has 154 valence electrons. The van der Waals surface area contributed by atoms with Crippen LogP contribution in [0.4, 0.5) is 4.39 Å². The summed E-state index contributed by atoms with van der Waals surface area (Å²) in [6.45, 7) is 3.74. The third-order valence-electron chi connectivity index (χ3n) is 4.28. The average molecular weight is 410 g/mol. The Labute approximate surface area is 171 Å². The lowest BCUT2D eigenvalue weighted by Gasteiger charge is -2.09. The van der Waals surface area contributed by atoms with E-state index in [0.29, 0.717) is 22.5 Å². The maximum absolute atomic E-state index is 12.9. The van der Waals surface area contributed by atoms with E-state index in [2.05, 4.69) is 16.0 Å². The first-order valence-corrected chi connectivity index (χ1v) is 9.09. The van der Waals surface area contributed by atoms with Crippen LogP contribution < -0.4 is 10.9 Å². The van der Waals surface area contributed by atoms with Crippen LogP contribution in [0.1, 0.15) is 43.7 Å². The van der Waals surface area contributed by atoms with Gasteiger partial charge in [0.1, 0.15) is 11.4 Å². The number of hydrazine groups is 1. The van der Waals surface area contributed by atoms with Gasteiger partial charge in [-0.05, 0) is 62.4 Å². The molecule has 3 aromatic rings. The van der Waals surface area contributed by atoms with Crippen molar-refractivity contribution in [3.63, 3.8) is 0 Å². The lowest BCUT2D eigenvalue weighted by molar-refractivity contribution is 0.0525. The predicted molar refractivity (Wildman–Crippen MR) is 106 cm³/mol. The van der Waals surface area contributed by atoms with Crippen LogP contribution in [-0.2, 0) is 4.74 Å². The Morgan fingerprint density at radius 3 is 2.03 bits per heavy atom. The normalized spacial score (nSPS) is 10.4. The number of benzene rings is 2. The molecule has 0 atom stereocenters. The van der Waals surface area contributed by atoms with Crippen molar-refractivity contribution in [1.82, 2.24) is 20.6 Å². The van der Waals surface area contributed by atoms with E-state index >= 15 is 0 Å². The van der Waals surface area contributed by atoms with Gasteiger partial charge in [-0.1, -0.05) is 0 Å². The minimum absolute atomic E-state index is 0.207. The summed E-state index contributed by atoms with van der Waals surface area (Å²) in [5, 5.41) is 4.19. The summed E-state index contributed by atoms with van der Waals surface area (Å²) in [4.78, 5) is 36.1. The average Bonchev–Trinajstić information content (AvgIpc) is 3.14. The number of rotatable bonds is 5. The zero-order valence-electron chi connectivity index (χ0n) is 16.3. The molecule has 9 heteroatoms. The van der Waals surface area contributed by atoms with E-state index in [9.17, 15) is 18.8 Å². The zero-order chi connectivity index (χ0) is 21.7. The van der Waals surface area contributed by atoms with Crippen LogP contribution in [0.2, 0.25) is 0 Å². The van der Waals surface area contributed by atoms with Crippen LogP contribution in [0.5, 0.6) is 0 Å². The number of amides is 2. The van der Waals surface area contributed by atoms with Gasteiger partial charge in [-0.15, -0.1) is 0 Å². The number of carbonyl (C=O) groups is 3. The second kappa shape index (κ2) is 8.99. The van der Waals surface area contributed by atoms with Gasteiger partial charge in [-0.3, -0.25) is 20.4 Å². The Kier molecular flexibility index (Phi) is 6.21. The molecule has 8 nitrogen and oxygen atoms in total. The molecule has 0 bridgehead atoms. The van der Waals surface area contributed by atoms with E-state index in [0.717, 1.165) is 12.1 Å². The molecule has 0 unspecified atom stereocenters. The van der Waals surface area contributed by atoms with E-state index in [1.54, 1.807) is 42.8 Å². The first-order valence-electron chi connectivity index (χ1n) is 9.09. The minimum atomic E-state index is -0.571. The van der Waals surface area contributed by atoms with Gasteiger partial charge in [0.15, 0.2) is 0 Å². The number of nitrogens with zero attached hydrogens (tertiary/aromatic N) is 2. The Morgan fingerprint density at radius 1 is 0.967 bits per heavy atom. The maximum atomic E-state index is 12.9. The van der Waals surface area contributed by atoms with Crippen LogP contribution in [0, 0.1) is 12.7 Å². The monoisotopic (exact) mass is 410 g/mol. The van der Waals surface area contributed by atoms with Crippen molar-refractivity contribution in [3.8, 4) is 5.69 Å². The number of halogens is 1. The highest BCUT2D eigenvalue weighted by molar-refractivity contribution is 5.99. The summed E-state index contributed by atoms with van der Waals surface area (Å²) >= 11 is 0. The number of esters is 1. The molecule has 0 aliphatic heterocycles. The zero-order valence-corrected chi connectivity index (χ0v) is 16.3. The fraction of sp³-hybridized carbons (Fsp3) is 0.143. The van der Waals surface area contributed by atoms with Gasteiger partial charge in [0, 0.05) is 11.1 Å². The highest BCUT2D eigenvalue weighted by atomic mass is 19.1. The van der Waals surface area contributed by atoms with Crippen LogP contribution >= 0.6 is 0 Å². The van der Waals surface area contributed by atoms with E-state index in [4.69, 9.17) is 4.74 Å². The van der Waals surface area contributed by atoms with Crippen molar-refractivity contribution in [1.29, 1.82) is 0 Å². The van der Waals surface area contributed by atoms with Crippen molar-refractivity contribution >= 4 is 17.8 Å². The van der Waals surface area contributed by atoms with Crippen molar-refractivity contribution < 1.29 is 23.5 Å². The molecule has 2 amide bonds. The molecule has 0 saturated carbocycles. The molecule has 30 heavy (non-hydrogen) atoms. The first-order chi connectivity index (χ1) is 14.4. The third-order valence-corrected chi connectivity index (χ3v) is 4.28. The second-order valence-corrected chi connectivity index (χ2v) is 6.24. The molecule has 0 spiro atoms. The number of carbonyl (C=O) groups excluding carboxylic acids is 3. The van der Waals surface area contributed by atoms with Crippen molar-refractivity contribution in [2.45, 2.75) is 13.8 Å². The van der Waals surface area contributed by atoms with Crippen LogP contribution in [0.3, 0.4) is 0 Å². The second-order valence-electron chi connectivity index (χ2n) is 6.24. The Morgan fingerprint density at radius 2 is 1.50 bits per heavy atom. The summed E-state index contributed by atoms with van der Waals surface area (Å²) in [7, 11) is 0. The van der Waals surface area contributed by atoms with Crippen molar-refractivity contribution in [2.24, 2.45) is 0 Å². The third kappa shape index (κ3) is 4.52. The van der Waals surface area contributed by atoms with Crippen molar-refractivity contribution in [2.75, 3.05) is 6.61 Å². The number of hydrogen-bond donors (Lipinski definition) is 2. The van der Waals surface area contributed by atoms with Gasteiger partial charge in [0.25, 0.3) is 11.8 Å². The molecule has 3 rings (SSSR count). The summed E-state index contributed by atoms with van der Waals surface area (Å²) < 4.78 is 19.5. The Hall–Kier alpha value is -4.01. The fourth-order valence-corrected chi connectivity index (χ4v) is 2.69. The fourth-order valence-electron chi connectivity index (χ4n) is 2.69. The van der Waals surface area contributed by atoms with E-state index in [1.807, 2.05) is 0 Å². The largest absolute Gasteiger partial charge is 0.462 e. The van der Waals surface area contributed by atoms with Crippen LogP contribution in [-0.4, -0.2) is 34.2 Å². The van der Waals surface area contributed by atoms with Gasteiger partial charge < -0.3 is 4.74 Å². The van der Waals surface area contributed by atoms with Gasteiger partial charge >= 0.3 is 5.97 Å². The standard InChI is InChI=1S/C21H19FN4O4/c1-3-30-21(29)18-12-23-26(13(18)2)17-10-6-15(7-11-17)20(28)25-24-19(27)14-4-8-16(22)9-5-14/h4-12H,3H2,1-2H3,(H,24,27)(H,25,28). The molecule has 2 aromatic carbocycles. The van der Waals surface area contributed by atoms with Gasteiger partial charge in [-0.2, -0.15) is 5.10 Å². The van der Waals surface area contributed by atoms with Crippen LogP contribution in [0.25, 0.3) is 5.69 Å². The quantitative estimate of drug-likeness (QED) is 0.497. The van der Waals surface area contributed by atoms with Gasteiger partial charge in [0.2, 0.25) is 0 Å². The van der Waals surface area contributed by atoms with Gasteiger partial charge in [0.05, 0.1) is 24.2 Å². The van der Waals surface area contributed by atoms with Crippen molar-refractivity contribution in [3.05, 3.63) is 82.9 Å². The van der Waals surface area contributed by atoms with Crippen LogP contribution in [0.15, 0.2) is 54.7 Å². The van der Waals surface area contributed by atoms with E-state index in [1.165, 1.54) is 18.3 Å². The number of ether oxygens (including phenoxy) is 1. The smallest absolute Gasteiger partial charge is 0.341 e. The molecule has 0 radical (unpaired) electrons. The lowest BCUT2D eigenvalue weighted by Crippen LogP contribution is -2.41. The molecule has 0 aliphatic rings. The molecule has 0 aliphatic carbocycles. The summed E-state index contributed by atoms with van der Waals surface area (Å²) in [6.07, 6.45) is 1.43. The van der Waals surface area contributed by atoms with E-state index in [-0.39, 0.29) is 12.2 Å². The summed E-state index contributed by atoms with van der Waals surface area (Å²) in [6, 6.07) is 11.3. The molecule has 1 heterocycles. The molecular weight excluding hydrogens is 391 g/mol. The number of nitrogens with one attached hydrogen (secondary N) is 2. The lowest BCUT2D eigenvalue weighted by atomic mass is 10.2. The summed E-state index contributed by atoms with van der Waals surface area (Å²) in [5.41, 5.74) is 6.70. The number of hydrogen-bond acceptors (Lipinski definition) is 5. The first kappa shape index (κ1) is 20.7. The summed E-state index contributed by atoms with van der Waals surface area (Å²) in [5.74, 6) is -2.01. The maximum Gasteiger partial charge on any atom is 0.341 e. The minimum Gasteiger partial charge on any atom is -0.462 e. The highest BCUT2D eigenvalue weighted by Crippen LogP contribution is 2.16. The topological polar surface area (TPSA) is 102 Å². The Bertz CT molecular complexity index is 1080. The van der Waals surface area contributed by atoms with Gasteiger partial charge in [-0.25, -0.2) is 13.9 Å². The Balaban J connectivity index is 1.65. The molecule has 0 saturated heterocycles. The molecule has 2 N–H and O–H groups in total. The van der Waals surface area contributed by atoms with E-state index < -0.39 is 23.6 Å². The number of aromatic nitrogens is 2. The predicted octanol–water partition coefficient (Wildman–Crippen LogP) is 2.57. The molecule has 0 fully saturated rings.